The molecule has 0 radical (unpaired) electrons. The first-order valence-corrected chi connectivity index (χ1v) is 15.0. The Hall–Kier alpha value is -5.70. The molecule has 7 aromatic rings. The van der Waals surface area contributed by atoms with Crippen molar-refractivity contribution in [3.63, 3.8) is 0 Å². The SMILES string of the molecule is FC1=C(F)C(OB(Oc2ccc3ccc4cccc5ccc2c3c45)c2c(F)c(F)c(F)c(F)c2-c2c(F)c(F)c(F)c(F)c2F)c2cccc(F)c21. The van der Waals surface area contributed by atoms with Gasteiger partial charge in [-0.3, -0.25) is 0 Å². The highest BCUT2D eigenvalue weighted by molar-refractivity contribution is 6.64. The fourth-order valence-corrected chi connectivity index (χ4v) is 6.64. The zero-order valence-electron chi connectivity index (χ0n) is 25.4. The minimum absolute atomic E-state index is 0.178. The van der Waals surface area contributed by atoms with Gasteiger partial charge in [-0.1, -0.05) is 60.7 Å². The molecule has 0 bridgehead atoms. The van der Waals surface area contributed by atoms with Gasteiger partial charge in [-0.2, -0.15) is 0 Å². The zero-order chi connectivity index (χ0) is 36.9. The van der Waals surface area contributed by atoms with Crippen molar-refractivity contribution in [3.8, 4) is 16.9 Å². The highest BCUT2D eigenvalue weighted by atomic mass is 19.2. The monoisotopic (exact) mass is 728 g/mol. The summed E-state index contributed by atoms with van der Waals surface area (Å²) in [5, 5.41) is 3.41. The molecular weight excluding hydrogens is 715 g/mol. The second kappa shape index (κ2) is 11.9. The first-order chi connectivity index (χ1) is 24.8. The summed E-state index contributed by atoms with van der Waals surface area (Å²) in [4.78, 5) is 0. The Bertz CT molecular complexity index is 2650. The van der Waals surface area contributed by atoms with Crippen LogP contribution in [0.5, 0.6) is 5.75 Å². The average molecular weight is 728 g/mol. The molecule has 1 aliphatic carbocycles. The number of rotatable bonds is 6. The van der Waals surface area contributed by atoms with Crippen LogP contribution in [0.1, 0.15) is 17.2 Å². The van der Waals surface area contributed by atoms with Crippen molar-refractivity contribution < 1.29 is 62.0 Å². The molecule has 260 valence electrons. The van der Waals surface area contributed by atoms with Gasteiger partial charge in [0.15, 0.2) is 58.2 Å². The third kappa shape index (κ3) is 4.68. The molecule has 1 unspecified atom stereocenters. The quantitative estimate of drug-likeness (QED) is 0.0558. The van der Waals surface area contributed by atoms with Crippen molar-refractivity contribution in [1.29, 1.82) is 0 Å². The Morgan fingerprint density at radius 1 is 0.462 bits per heavy atom. The first kappa shape index (κ1) is 33.4. The lowest BCUT2D eigenvalue weighted by molar-refractivity contribution is 0.189. The molecule has 0 spiro atoms. The van der Waals surface area contributed by atoms with Crippen LogP contribution in [0.15, 0.2) is 78.6 Å². The van der Waals surface area contributed by atoms with Crippen LogP contribution in [-0.2, 0) is 4.65 Å². The van der Waals surface area contributed by atoms with Crippen molar-refractivity contribution in [2.45, 2.75) is 6.10 Å². The molecule has 0 amide bonds. The predicted molar refractivity (Wildman–Crippen MR) is 167 cm³/mol. The second-order valence-corrected chi connectivity index (χ2v) is 11.7. The predicted octanol–water partition coefficient (Wildman–Crippen LogP) is 10.8. The molecule has 0 aromatic heterocycles. The van der Waals surface area contributed by atoms with Crippen molar-refractivity contribution in [3.05, 3.63) is 148 Å². The number of fused-ring (bicyclic) bond motifs is 1. The maximum Gasteiger partial charge on any atom is 0.567 e. The van der Waals surface area contributed by atoms with E-state index in [9.17, 15) is 22.0 Å². The van der Waals surface area contributed by atoms with E-state index in [1.54, 1.807) is 36.4 Å². The normalized spacial score (nSPS) is 14.3. The Balaban J connectivity index is 1.42. The number of halogens is 12. The molecule has 1 atom stereocenters. The minimum Gasteiger partial charge on any atom is -0.532 e. The van der Waals surface area contributed by atoms with Gasteiger partial charge in [-0.25, -0.2) is 52.7 Å². The van der Waals surface area contributed by atoms with Crippen LogP contribution in [0, 0.1) is 58.2 Å². The molecular formula is C37H13BF12O2. The summed E-state index contributed by atoms with van der Waals surface area (Å²) < 4.78 is 192. The lowest BCUT2D eigenvalue weighted by Crippen LogP contribution is -2.45. The summed E-state index contributed by atoms with van der Waals surface area (Å²) >= 11 is 0. The van der Waals surface area contributed by atoms with E-state index in [2.05, 4.69) is 0 Å². The number of benzene rings is 7. The molecule has 52 heavy (non-hydrogen) atoms. The summed E-state index contributed by atoms with van der Waals surface area (Å²) in [7, 11) is -2.91. The summed E-state index contributed by atoms with van der Waals surface area (Å²) in [5.41, 5.74) is -7.81. The van der Waals surface area contributed by atoms with Gasteiger partial charge in [0.25, 0.3) is 0 Å². The van der Waals surface area contributed by atoms with Gasteiger partial charge in [0.2, 0.25) is 5.82 Å². The lowest BCUT2D eigenvalue weighted by atomic mass is 9.72. The molecule has 8 rings (SSSR count). The third-order valence-corrected chi connectivity index (χ3v) is 8.97. The van der Waals surface area contributed by atoms with Crippen molar-refractivity contribution in [2.75, 3.05) is 0 Å². The van der Waals surface area contributed by atoms with Crippen molar-refractivity contribution >= 4 is 50.7 Å². The van der Waals surface area contributed by atoms with E-state index in [1.165, 1.54) is 18.2 Å². The van der Waals surface area contributed by atoms with Crippen LogP contribution in [0.3, 0.4) is 0 Å². The van der Waals surface area contributed by atoms with Crippen LogP contribution in [-0.4, -0.2) is 7.12 Å². The topological polar surface area (TPSA) is 18.5 Å². The Labute approximate surface area is 283 Å². The maximum absolute atomic E-state index is 16.0. The number of hydrogen-bond donors (Lipinski definition) is 0. The third-order valence-electron chi connectivity index (χ3n) is 8.97. The zero-order valence-corrected chi connectivity index (χ0v) is 25.4. The van der Waals surface area contributed by atoms with Crippen molar-refractivity contribution in [2.24, 2.45) is 0 Å². The highest BCUT2D eigenvalue weighted by Crippen LogP contribution is 2.46. The molecule has 2 nitrogen and oxygen atoms in total. The summed E-state index contributed by atoms with van der Waals surface area (Å²) in [5.74, 6) is -29.6. The van der Waals surface area contributed by atoms with Gasteiger partial charge in [0.1, 0.15) is 17.7 Å². The average Bonchev–Trinajstić information content (AvgIpc) is 3.39. The summed E-state index contributed by atoms with van der Waals surface area (Å²) in [6.45, 7) is 0. The Morgan fingerprint density at radius 2 is 0.981 bits per heavy atom. The number of hydrogen-bond acceptors (Lipinski definition) is 2. The van der Waals surface area contributed by atoms with E-state index in [4.69, 9.17) is 9.31 Å². The van der Waals surface area contributed by atoms with Crippen LogP contribution in [0.4, 0.5) is 52.7 Å². The fraction of sp³-hybridized carbons (Fsp3) is 0.0270. The van der Waals surface area contributed by atoms with Crippen LogP contribution in [0.25, 0.3) is 49.3 Å². The van der Waals surface area contributed by atoms with E-state index in [0.717, 1.165) is 29.0 Å². The lowest BCUT2D eigenvalue weighted by Gasteiger charge is -2.25. The maximum atomic E-state index is 16.0. The molecule has 1 aliphatic rings. The molecule has 0 aliphatic heterocycles. The minimum atomic E-state index is -2.91. The summed E-state index contributed by atoms with van der Waals surface area (Å²) in [6, 6.07) is 17.3. The molecule has 0 saturated heterocycles. The Morgan fingerprint density at radius 3 is 1.63 bits per heavy atom. The second-order valence-electron chi connectivity index (χ2n) is 11.7. The molecule has 0 saturated carbocycles. The smallest absolute Gasteiger partial charge is 0.532 e. The van der Waals surface area contributed by atoms with E-state index in [-0.39, 0.29) is 11.1 Å². The molecule has 15 heteroatoms. The molecule has 0 N–H and O–H groups in total. The van der Waals surface area contributed by atoms with Gasteiger partial charge >= 0.3 is 7.12 Å². The standard InChI is InChI=1S/C37H13BF12O2/c39-18-6-2-5-17-22(18)26(40)36(50)37(17)52-38(51-19-12-10-15-8-7-13-3-1-4-14-9-11-16(19)21(15)20(13)14)25-23(27(41)31(45)34(48)30(25)44)24-28(42)32(46)35(49)33(47)29(24)43/h1-12,37H. The van der Waals surface area contributed by atoms with Gasteiger partial charge in [-0.15, -0.1) is 0 Å². The van der Waals surface area contributed by atoms with E-state index < -0.39 is 111 Å². The van der Waals surface area contributed by atoms with Gasteiger partial charge in [-0.05, 0) is 39.2 Å². The van der Waals surface area contributed by atoms with E-state index in [1.807, 2.05) is 0 Å². The first-order valence-electron chi connectivity index (χ1n) is 15.0. The Kier molecular flexibility index (Phi) is 7.68. The summed E-state index contributed by atoms with van der Waals surface area (Å²) in [6.07, 6.45) is -2.42. The van der Waals surface area contributed by atoms with Gasteiger partial charge in [0, 0.05) is 21.8 Å². The van der Waals surface area contributed by atoms with Crippen LogP contribution >= 0.6 is 0 Å². The van der Waals surface area contributed by atoms with Crippen LogP contribution in [0.2, 0.25) is 0 Å². The van der Waals surface area contributed by atoms with Crippen LogP contribution < -0.4 is 10.1 Å². The largest absolute Gasteiger partial charge is 0.567 e. The fourth-order valence-electron chi connectivity index (χ4n) is 6.64. The molecule has 0 heterocycles. The van der Waals surface area contributed by atoms with Gasteiger partial charge in [0.05, 0.1) is 11.1 Å². The van der Waals surface area contributed by atoms with Gasteiger partial charge < -0.3 is 9.31 Å². The molecule has 0 fully saturated rings. The van der Waals surface area contributed by atoms with E-state index >= 15 is 30.7 Å². The highest BCUT2D eigenvalue weighted by Gasteiger charge is 2.45. The van der Waals surface area contributed by atoms with Crippen molar-refractivity contribution in [1.82, 2.24) is 0 Å². The van der Waals surface area contributed by atoms with E-state index in [0.29, 0.717) is 16.2 Å². The molecule has 7 aromatic carbocycles.